The lowest BCUT2D eigenvalue weighted by atomic mass is 10.0. The number of carboxylic acids is 1. The number of rotatable bonds is 8. The van der Waals surface area contributed by atoms with Crippen molar-refractivity contribution in [3.05, 3.63) is 0 Å². The lowest BCUT2D eigenvalue weighted by molar-refractivity contribution is -0.138. The van der Waals surface area contributed by atoms with Gasteiger partial charge in [-0.25, -0.2) is 0 Å². The van der Waals surface area contributed by atoms with Gasteiger partial charge in [0, 0.05) is 40.2 Å². The van der Waals surface area contributed by atoms with Crippen LogP contribution in [0.25, 0.3) is 0 Å². The Kier molecular flexibility index (Phi) is 7.54. The van der Waals surface area contributed by atoms with Gasteiger partial charge >= 0.3 is 5.97 Å². The van der Waals surface area contributed by atoms with Gasteiger partial charge in [-0.1, -0.05) is 6.92 Å². The third kappa shape index (κ3) is 7.23. The van der Waals surface area contributed by atoms with Crippen LogP contribution in [0.2, 0.25) is 0 Å². The van der Waals surface area contributed by atoms with E-state index in [-0.39, 0.29) is 24.7 Å². The summed E-state index contributed by atoms with van der Waals surface area (Å²) in [6.07, 6.45) is 1.12. The highest BCUT2D eigenvalue weighted by Crippen LogP contribution is 2.09. The van der Waals surface area contributed by atoms with Crippen molar-refractivity contribution in [1.29, 1.82) is 0 Å². The number of carbonyl (C=O) groups excluding carboxylic acids is 1. The Labute approximate surface area is 96.4 Å². The predicted octanol–water partition coefficient (Wildman–Crippen LogP) is 0.982. The van der Waals surface area contributed by atoms with Gasteiger partial charge < -0.3 is 14.7 Å². The van der Waals surface area contributed by atoms with Gasteiger partial charge in [0.05, 0.1) is 0 Å². The van der Waals surface area contributed by atoms with Gasteiger partial charge in [0.25, 0.3) is 0 Å². The fraction of sp³-hybridized carbons (Fsp3) is 0.818. The average Bonchev–Trinajstić information content (AvgIpc) is 2.16. The first-order chi connectivity index (χ1) is 7.47. The topological polar surface area (TPSA) is 66.8 Å². The summed E-state index contributed by atoms with van der Waals surface area (Å²) in [5.41, 5.74) is 0. The van der Waals surface area contributed by atoms with Crippen LogP contribution >= 0.6 is 0 Å². The molecule has 0 saturated heterocycles. The van der Waals surface area contributed by atoms with E-state index in [1.54, 1.807) is 26.0 Å². The maximum absolute atomic E-state index is 11.6. The average molecular weight is 231 g/mol. The minimum Gasteiger partial charge on any atom is -0.481 e. The monoisotopic (exact) mass is 231 g/mol. The molecule has 94 valence electrons. The summed E-state index contributed by atoms with van der Waals surface area (Å²) < 4.78 is 4.89. The fourth-order valence-corrected chi connectivity index (χ4v) is 1.39. The fourth-order valence-electron chi connectivity index (χ4n) is 1.39. The molecule has 0 spiro atoms. The minimum atomic E-state index is -0.859. The van der Waals surface area contributed by atoms with E-state index in [2.05, 4.69) is 0 Å². The number of hydrogen-bond acceptors (Lipinski definition) is 3. The molecule has 5 nitrogen and oxygen atoms in total. The van der Waals surface area contributed by atoms with E-state index in [0.717, 1.165) is 6.42 Å². The highest BCUT2D eigenvalue weighted by atomic mass is 16.5. The van der Waals surface area contributed by atoms with E-state index in [1.165, 1.54) is 0 Å². The molecule has 1 amide bonds. The quantitative estimate of drug-likeness (QED) is 0.632. The van der Waals surface area contributed by atoms with E-state index in [0.29, 0.717) is 13.2 Å². The number of nitrogens with zero attached hydrogens (tertiary/aromatic N) is 1. The van der Waals surface area contributed by atoms with Gasteiger partial charge in [0.1, 0.15) is 0 Å². The maximum atomic E-state index is 11.6. The lowest BCUT2D eigenvalue weighted by Gasteiger charge is -2.18. The van der Waals surface area contributed by atoms with Crippen molar-refractivity contribution < 1.29 is 19.4 Å². The Morgan fingerprint density at radius 2 is 2.00 bits per heavy atom. The molecule has 16 heavy (non-hydrogen) atoms. The summed E-state index contributed by atoms with van der Waals surface area (Å²) in [6.45, 7) is 3.05. The summed E-state index contributed by atoms with van der Waals surface area (Å²) in [6, 6.07) is 0. The second kappa shape index (κ2) is 8.10. The smallest absolute Gasteiger partial charge is 0.303 e. The van der Waals surface area contributed by atoms with Crippen LogP contribution in [0, 0.1) is 5.92 Å². The van der Waals surface area contributed by atoms with Crippen molar-refractivity contribution in [2.45, 2.75) is 26.2 Å². The summed E-state index contributed by atoms with van der Waals surface area (Å²) in [5.74, 6) is -0.984. The first-order valence-corrected chi connectivity index (χ1v) is 5.42. The van der Waals surface area contributed by atoms with E-state index in [1.807, 2.05) is 0 Å². The number of hydrogen-bond donors (Lipinski definition) is 1. The number of amides is 1. The van der Waals surface area contributed by atoms with E-state index >= 15 is 0 Å². The van der Waals surface area contributed by atoms with Crippen LogP contribution in [0.4, 0.5) is 0 Å². The zero-order valence-corrected chi connectivity index (χ0v) is 10.2. The Balaban J connectivity index is 3.81. The van der Waals surface area contributed by atoms with Crippen molar-refractivity contribution in [3.63, 3.8) is 0 Å². The Morgan fingerprint density at radius 1 is 1.38 bits per heavy atom. The van der Waals surface area contributed by atoms with Gasteiger partial charge in [-0.3, -0.25) is 9.59 Å². The largest absolute Gasteiger partial charge is 0.481 e. The molecule has 1 N–H and O–H groups in total. The third-order valence-corrected chi connectivity index (χ3v) is 2.31. The summed E-state index contributed by atoms with van der Waals surface area (Å²) in [5, 5.41) is 8.57. The van der Waals surface area contributed by atoms with E-state index in [9.17, 15) is 9.59 Å². The standard InChI is InChI=1S/C11H21NO4/c1-9(8-11(14)15)7-10(13)12(2)5-4-6-16-3/h9H,4-8H2,1-3H3,(H,14,15). The molecule has 0 rings (SSSR count). The Bertz CT molecular complexity index is 230. The van der Waals surface area contributed by atoms with Crippen LogP contribution < -0.4 is 0 Å². The predicted molar refractivity (Wildman–Crippen MR) is 60.2 cm³/mol. The molecule has 0 aromatic rings. The molecule has 0 heterocycles. The lowest BCUT2D eigenvalue weighted by Crippen LogP contribution is -2.29. The number of carboxylic acid groups (broad SMARTS) is 1. The summed E-state index contributed by atoms with van der Waals surface area (Å²) in [7, 11) is 3.35. The molecule has 1 atom stereocenters. The molecule has 0 aliphatic heterocycles. The van der Waals surface area contributed by atoms with Crippen LogP contribution in [0.5, 0.6) is 0 Å². The minimum absolute atomic E-state index is 0.00940. The molecule has 0 aromatic heterocycles. The number of aliphatic carboxylic acids is 1. The summed E-state index contributed by atoms with van der Waals surface area (Å²) >= 11 is 0. The van der Waals surface area contributed by atoms with Crippen LogP contribution in [0.15, 0.2) is 0 Å². The molecular formula is C11H21NO4. The molecule has 0 bridgehead atoms. The van der Waals surface area contributed by atoms with Crippen LogP contribution in [0.1, 0.15) is 26.2 Å². The molecule has 5 heteroatoms. The second-order valence-corrected chi connectivity index (χ2v) is 4.07. The van der Waals surface area contributed by atoms with Gasteiger partial charge in [-0.05, 0) is 12.3 Å². The van der Waals surface area contributed by atoms with Crippen molar-refractivity contribution in [1.82, 2.24) is 4.90 Å². The first kappa shape index (κ1) is 14.9. The zero-order chi connectivity index (χ0) is 12.6. The highest BCUT2D eigenvalue weighted by Gasteiger charge is 2.15. The van der Waals surface area contributed by atoms with Gasteiger partial charge in [0.15, 0.2) is 0 Å². The van der Waals surface area contributed by atoms with Crippen molar-refractivity contribution in [2.75, 3.05) is 27.3 Å². The van der Waals surface area contributed by atoms with Gasteiger partial charge in [-0.2, -0.15) is 0 Å². The third-order valence-electron chi connectivity index (χ3n) is 2.31. The molecule has 0 aliphatic rings. The molecule has 0 radical (unpaired) electrons. The van der Waals surface area contributed by atoms with E-state index in [4.69, 9.17) is 9.84 Å². The van der Waals surface area contributed by atoms with E-state index < -0.39 is 5.97 Å². The number of carbonyl (C=O) groups is 2. The van der Waals surface area contributed by atoms with Crippen LogP contribution in [0.3, 0.4) is 0 Å². The normalized spacial score (nSPS) is 12.2. The molecule has 0 fully saturated rings. The maximum Gasteiger partial charge on any atom is 0.303 e. The molecule has 0 saturated carbocycles. The van der Waals surface area contributed by atoms with Gasteiger partial charge in [-0.15, -0.1) is 0 Å². The second-order valence-electron chi connectivity index (χ2n) is 4.07. The molecular weight excluding hydrogens is 210 g/mol. The highest BCUT2D eigenvalue weighted by molar-refractivity contribution is 5.77. The molecule has 0 aromatic carbocycles. The zero-order valence-electron chi connectivity index (χ0n) is 10.2. The van der Waals surface area contributed by atoms with Crippen molar-refractivity contribution in [2.24, 2.45) is 5.92 Å². The SMILES string of the molecule is COCCCN(C)C(=O)CC(C)CC(=O)O. The first-order valence-electron chi connectivity index (χ1n) is 5.42. The molecule has 0 aliphatic carbocycles. The van der Waals surface area contributed by atoms with Gasteiger partial charge in [0.2, 0.25) is 5.91 Å². The Morgan fingerprint density at radius 3 is 2.50 bits per heavy atom. The Hall–Kier alpha value is -1.10. The number of ether oxygens (including phenoxy) is 1. The summed E-state index contributed by atoms with van der Waals surface area (Å²) in [4.78, 5) is 23.7. The van der Waals surface area contributed by atoms with Crippen molar-refractivity contribution in [3.8, 4) is 0 Å². The number of methoxy groups -OCH3 is 1. The molecule has 1 unspecified atom stereocenters. The van der Waals surface area contributed by atoms with Crippen molar-refractivity contribution >= 4 is 11.9 Å². The van der Waals surface area contributed by atoms with Crippen LogP contribution in [-0.4, -0.2) is 49.2 Å². The van der Waals surface area contributed by atoms with Crippen LogP contribution in [-0.2, 0) is 14.3 Å².